The molecule has 1 aromatic carbocycles. The summed E-state index contributed by atoms with van der Waals surface area (Å²) >= 11 is 0. The zero-order valence-electron chi connectivity index (χ0n) is 11.3. The van der Waals surface area contributed by atoms with E-state index in [4.69, 9.17) is 5.73 Å². The van der Waals surface area contributed by atoms with E-state index in [1.165, 1.54) is 0 Å². The molecule has 1 amide bonds. The molecule has 0 fully saturated rings. The third-order valence-electron chi connectivity index (χ3n) is 2.78. The van der Waals surface area contributed by atoms with Crippen molar-refractivity contribution in [2.75, 3.05) is 11.1 Å². The van der Waals surface area contributed by atoms with Gasteiger partial charge in [0.2, 0.25) is 0 Å². The van der Waals surface area contributed by atoms with Crippen molar-refractivity contribution in [2.24, 2.45) is 0 Å². The molecular formula is C14H18N4O. The van der Waals surface area contributed by atoms with Crippen molar-refractivity contribution in [2.45, 2.75) is 26.2 Å². The summed E-state index contributed by atoms with van der Waals surface area (Å²) in [5.74, 6) is 0.289. The van der Waals surface area contributed by atoms with Gasteiger partial charge in [-0.15, -0.1) is 0 Å². The second-order valence-corrected chi connectivity index (χ2v) is 5.50. The van der Waals surface area contributed by atoms with E-state index in [0.29, 0.717) is 17.1 Å². The minimum absolute atomic E-state index is 0.0346. The van der Waals surface area contributed by atoms with E-state index in [1.54, 1.807) is 24.3 Å². The third-order valence-corrected chi connectivity index (χ3v) is 2.78. The SMILES string of the molecule is CC(C)(C)c1cc(NC(=O)c2cccc(N)c2)n[nH]1. The molecule has 4 N–H and O–H groups in total. The summed E-state index contributed by atoms with van der Waals surface area (Å²) in [6.45, 7) is 6.22. The standard InChI is InChI=1S/C14H18N4O/c1-14(2,3)11-8-12(18-17-11)16-13(19)9-5-4-6-10(15)7-9/h4-8H,15H2,1-3H3,(H2,16,17,18,19). The summed E-state index contributed by atoms with van der Waals surface area (Å²) in [4.78, 5) is 12.0. The van der Waals surface area contributed by atoms with Crippen LogP contribution >= 0.6 is 0 Å². The first-order valence-electron chi connectivity index (χ1n) is 6.09. The van der Waals surface area contributed by atoms with Crippen LogP contribution in [0.3, 0.4) is 0 Å². The Kier molecular flexibility index (Phi) is 3.29. The molecule has 100 valence electrons. The van der Waals surface area contributed by atoms with Crippen LogP contribution in [0.2, 0.25) is 0 Å². The second-order valence-electron chi connectivity index (χ2n) is 5.50. The van der Waals surface area contributed by atoms with Crippen molar-refractivity contribution < 1.29 is 4.79 Å². The van der Waals surface area contributed by atoms with Gasteiger partial charge in [-0.3, -0.25) is 9.89 Å². The number of anilines is 2. The van der Waals surface area contributed by atoms with Gasteiger partial charge in [0.1, 0.15) is 0 Å². The number of nitrogens with two attached hydrogens (primary N) is 1. The molecule has 0 unspecified atom stereocenters. The first kappa shape index (κ1) is 13.1. The van der Waals surface area contributed by atoms with Gasteiger partial charge in [-0.25, -0.2) is 0 Å². The number of hydrogen-bond acceptors (Lipinski definition) is 3. The molecule has 5 nitrogen and oxygen atoms in total. The van der Waals surface area contributed by atoms with Gasteiger partial charge in [0.15, 0.2) is 5.82 Å². The molecule has 0 spiro atoms. The van der Waals surface area contributed by atoms with Gasteiger partial charge in [-0.2, -0.15) is 5.10 Å². The molecule has 1 aromatic heterocycles. The number of nitrogen functional groups attached to an aromatic ring is 1. The molecule has 2 rings (SSSR count). The summed E-state index contributed by atoms with van der Waals surface area (Å²) in [5, 5.41) is 9.75. The number of benzene rings is 1. The quantitative estimate of drug-likeness (QED) is 0.724. The van der Waals surface area contributed by atoms with E-state index >= 15 is 0 Å². The maximum atomic E-state index is 12.0. The van der Waals surface area contributed by atoms with Crippen LogP contribution in [0.4, 0.5) is 11.5 Å². The predicted molar refractivity (Wildman–Crippen MR) is 76.1 cm³/mol. The summed E-state index contributed by atoms with van der Waals surface area (Å²) in [6, 6.07) is 8.66. The Hall–Kier alpha value is -2.30. The monoisotopic (exact) mass is 258 g/mol. The number of amides is 1. The van der Waals surface area contributed by atoms with Gasteiger partial charge in [-0.05, 0) is 18.2 Å². The van der Waals surface area contributed by atoms with Crippen LogP contribution in [0.15, 0.2) is 30.3 Å². The molecule has 0 radical (unpaired) electrons. The molecule has 0 bridgehead atoms. The molecule has 0 aliphatic carbocycles. The molecule has 0 saturated carbocycles. The predicted octanol–water partition coefficient (Wildman–Crippen LogP) is 2.54. The van der Waals surface area contributed by atoms with Gasteiger partial charge in [0.05, 0.1) is 0 Å². The summed E-state index contributed by atoms with van der Waals surface area (Å²) in [5.41, 5.74) is 7.66. The Morgan fingerprint density at radius 1 is 1.32 bits per heavy atom. The zero-order chi connectivity index (χ0) is 14.0. The molecule has 0 saturated heterocycles. The lowest BCUT2D eigenvalue weighted by molar-refractivity contribution is 0.102. The molecular weight excluding hydrogens is 240 g/mol. The van der Waals surface area contributed by atoms with E-state index in [1.807, 2.05) is 6.07 Å². The minimum Gasteiger partial charge on any atom is -0.399 e. The van der Waals surface area contributed by atoms with Crippen LogP contribution in [-0.4, -0.2) is 16.1 Å². The van der Waals surface area contributed by atoms with Crippen molar-refractivity contribution in [1.29, 1.82) is 0 Å². The van der Waals surface area contributed by atoms with Gasteiger partial charge < -0.3 is 11.1 Å². The average molecular weight is 258 g/mol. The highest BCUT2D eigenvalue weighted by atomic mass is 16.1. The first-order chi connectivity index (χ1) is 8.86. The number of carbonyl (C=O) groups is 1. The van der Waals surface area contributed by atoms with Crippen LogP contribution in [0.1, 0.15) is 36.8 Å². The van der Waals surface area contributed by atoms with Crippen molar-refractivity contribution in [3.05, 3.63) is 41.6 Å². The van der Waals surface area contributed by atoms with Gasteiger partial charge in [-0.1, -0.05) is 26.8 Å². The number of aromatic amines is 1. The zero-order valence-corrected chi connectivity index (χ0v) is 11.3. The van der Waals surface area contributed by atoms with E-state index in [2.05, 4.69) is 36.3 Å². The number of rotatable bonds is 2. The molecule has 5 heteroatoms. The number of carbonyl (C=O) groups excluding carboxylic acids is 1. The third kappa shape index (κ3) is 3.13. The van der Waals surface area contributed by atoms with Crippen LogP contribution in [0.5, 0.6) is 0 Å². The van der Waals surface area contributed by atoms with Crippen molar-refractivity contribution in [3.8, 4) is 0 Å². The van der Waals surface area contributed by atoms with Crippen LogP contribution < -0.4 is 11.1 Å². The Labute approximate surface area is 112 Å². The van der Waals surface area contributed by atoms with Crippen LogP contribution in [0.25, 0.3) is 0 Å². The van der Waals surface area contributed by atoms with E-state index in [-0.39, 0.29) is 11.3 Å². The Morgan fingerprint density at radius 3 is 2.63 bits per heavy atom. The van der Waals surface area contributed by atoms with Gasteiger partial charge >= 0.3 is 0 Å². The lowest BCUT2D eigenvalue weighted by Gasteiger charge is -2.14. The van der Waals surface area contributed by atoms with Crippen molar-refractivity contribution in [3.63, 3.8) is 0 Å². The number of nitrogens with zero attached hydrogens (tertiary/aromatic N) is 1. The molecule has 19 heavy (non-hydrogen) atoms. The molecule has 1 heterocycles. The fourth-order valence-electron chi connectivity index (χ4n) is 1.64. The van der Waals surface area contributed by atoms with E-state index in [0.717, 1.165) is 5.69 Å². The highest BCUT2D eigenvalue weighted by Gasteiger charge is 2.17. The summed E-state index contributed by atoms with van der Waals surface area (Å²) in [6.07, 6.45) is 0. The molecule has 2 aromatic rings. The highest BCUT2D eigenvalue weighted by molar-refractivity contribution is 6.04. The summed E-state index contributed by atoms with van der Waals surface area (Å²) < 4.78 is 0. The number of nitrogens with one attached hydrogen (secondary N) is 2. The molecule has 0 atom stereocenters. The fourth-order valence-corrected chi connectivity index (χ4v) is 1.64. The number of H-pyrrole nitrogens is 1. The van der Waals surface area contributed by atoms with Gasteiger partial charge in [0, 0.05) is 28.4 Å². The number of hydrogen-bond donors (Lipinski definition) is 3. The van der Waals surface area contributed by atoms with Crippen LogP contribution in [-0.2, 0) is 5.41 Å². The topological polar surface area (TPSA) is 83.8 Å². The number of aromatic nitrogens is 2. The Balaban J connectivity index is 2.13. The normalized spacial score (nSPS) is 11.3. The molecule has 0 aliphatic rings. The maximum absolute atomic E-state index is 12.0. The maximum Gasteiger partial charge on any atom is 0.256 e. The fraction of sp³-hybridized carbons (Fsp3) is 0.286. The van der Waals surface area contributed by atoms with Gasteiger partial charge in [0.25, 0.3) is 5.91 Å². The first-order valence-corrected chi connectivity index (χ1v) is 6.09. The van der Waals surface area contributed by atoms with E-state index in [9.17, 15) is 4.79 Å². The minimum atomic E-state index is -0.223. The molecule has 0 aliphatic heterocycles. The van der Waals surface area contributed by atoms with Crippen LogP contribution in [0, 0.1) is 0 Å². The lowest BCUT2D eigenvalue weighted by Crippen LogP contribution is -2.12. The highest BCUT2D eigenvalue weighted by Crippen LogP contribution is 2.22. The smallest absolute Gasteiger partial charge is 0.256 e. The summed E-state index contributed by atoms with van der Waals surface area (Å²) in [7, 11) is 0. The van der Waals surface area contributed by atoms with E-state index < -0.39 is 0 Å². The Morgan fingerprint density at radius 2 is 2.05 bits per heavy atom. The Bertz CT molecular complexity index is 595. The largest absolute Gasteiger partial charge is 0.399 e. The van der Waals surface area contributed by atoms with Crippen molar-refractivity contribution in [1.82, 2.24) is 10.2 Å². The average Bonchev–Trinajstić information content (AvgIpc) is 2.77. The lowest BCUT2D eigenvalue weighted by atomic mass is 9.92. The van der Waals surface area contributed by atoms with Crippen molar-refractivity contribution >= 4 is 17.4 Å². The second kappa shape index (κ2) is 4.76.